The van der Waals surface area contributed by atoms with E-state index in [0.717, 1.165) is 21.5 Å². The van der Waals surface area contributed by atoms with E-state index in [4.69, 9.17) is 35.3 Å². The van der Waals surface area contributed by atoms with E-state index in [1.54, 1.807) is 13.8 Å². The third-order valence-corrected chi connectivity index (χ3v) is 11.4. The molecule has 19 nitrogen and oxygen atoms in total. The third kappa shape index (κ3) is 16.4. The fraction of sp³-hybridized carbons (Fsp3) is 0.654. The van der Waals surface area contributed by atoms with Gasteiger partial charge in [0.05, 0.1) is 47.9 Å². The molecule has 26 heteroatoms. The predicted octanol–water partition coefficient (Wildman–Crippen LogP) is 2.38. The number of hydrogen-bond donors (Lipinski definition) is 3. The van der Waals surface area contributed by atoms with Gasteiger partial charge >= 0.3 is 17.3 Å². The molecule has 298 valence electrons. The first-order chi connectivity index (χ1) is 23.9. The van der Waals surface area contributed by atoms with E-state index in [1.165, 1.54) is 36.9 Å². The van der Waals surface area contributed by atoms with Crippen LogP contribution in [-0.4, -0.2) is 108 Å². The molecule has 5 rings (SSSR count). The van der Waals surface area contributed by atoms with Crippen molar-refractivity contribution in [2.45, 2.75) is 39.4 Å². The number of nitrogens with two attached hydrogens (primary N) is 2. The number of carbonyl (C=O) groups is 1. The molecule has 2 aromatic heterocycles. The minimum absolute atomic E-state index is 0. The van der Waals surface area contributed by atoms with Crippen molar-refractivity contribution in [2.24, 2.45) is 0 Å². The molecule has 0 saturated carbocycles. The SMILES string of the molecule is C.CCOP(C)(=O)CO.CCOP(C)(=O)COC1OC(n2cc(F)c(N)nc2=O)CS1.Nc1nc(=O)n(C2CS(=O)CO2)cc1F.O=C1CSCO1. The topological polar surface area (TPSA) is 266 Å². The zero-order chi connectivity index (χ0) is 38.4. The van der Waals surface area contributed by atoms with Gasteiger partial charge in [0.2, 0.25) is 20.4 Å². The number of nitrogen functional groups attached to an aromatic ring is 2. The Labute approximate surface area is 309 Å². The van der Waals surface area contributed by atoms with Gasteiger partial charge in [-0.15, -0.1) is 11.8 Å². The van der Waals surface area contributed by atoms with Crippen molar-refractivity contribution in [1.82, 2.24) is 19.1 Å². The van der Waals surface area contributed by atoms with Crippen LogP contribution >= 0.6 is 38.3 Å². The monoisotopic (exact) mass is 844 g/mol. The van der Waals surface area contributed by atoms with E-state index in [0.29, 0.717) is 30.7 Å². The average molecular weight is 845 g/mol. The molecule has 0 bridgehead atoms. The first kappa shape index (κ1) is 47.8. The number of aliphatic hydroxyl groups excluding tert-OH is 1. The lowest BCUT2D eigenvalue weighted by Gasteiger charge is -2.17. The highest BCUT2D eigenvalue weighted by Crippen LogP contribution is 2.44. The van der Waals surface area contributed by atoms with Crippen molar-refractivity contribution in [2.75, 3.05) is 79.8 Å². The molecule has 52 heavy (non-hydrogen) atoms. The third-order valence-electron chi connectivity index (χ3n) is 5.88. The van der Waals surface area contributed by atoms with Gasteiger partial charge in [0.25, 0.3) is 0 Å². The number of cyclic esters (lactones) is 1. The number of aliphatic hydroxyl groups is 1. The van der Waals surface area contributed by atoms with Gasteiger partial charge in [0.15, 0.2) is 35.7 Å². The number of ether oxygens (including phenoxy) is 4. The summed E-state index contributed by atoms with van der Waals surface area (Å²) in [6.07, 6.45) is -0.0505. The fourth-order valence-corrected chi connectivity index (χ4v) is 7.81. The predicted molar refractivity (Wildman–Crippen MR) is 194 cm³/mol. The highest BCUT2D eigenvalue weighted by molar-refractivity contribution is 8.00. The van der Waals surface area contributed by atoms with Gasteiger partial charge in [-0.2, -0.15) is 9.97 Å². The molecule has 3 aliphatic heterocycles. The largest absolute Gasteiger partial charge is 0.454 e. The Balaban J connectivity index is 0.000000387. The maximum atomic E-state index is 13.4. The molecule has 5 N–H and O–H groups in total. The van der Waals surface area contributed by atoms with Crippen LogP contribution in [0.2, 0.25) is 0 Å². The van der Waals surface area contributed by atoms with Crippen LogP contribution in [0.3, 0.4) is 0 Å². The smallest absolute Gasteiger partial charge is 0.351 e. The van der Waals surface area contributed by atoms with Crippen LogP contribution in [0, 0.1) is 11.6 Å². The van der Waals surface area contributed by atoms with Gasteiger partial charge in [-0.3, -0.25) is 27.3 Å². The highest BCUT2D eigenvalue weighted by atomic mass is 32.2. The van der Waals surface area contributed by atoms with Crippen LogP contribution < -0.4 is 22.8 Å². The summed E-state index contributed by atoms with van der Waals surface area (Å²) in [6, 6.07) is 0. The van der Waals surface area contributed by atoms with Crippen LogP contribution in [0.4, 0.5) is 20.4 Å². The standard InChI is InChI=1S/C11H17FN3O5PS.C7H8FN3O3S.C4H11O3P.C3H4O2S.CH4/c1-3-19-21(2,17)6-18-11-20-8(5-22-11)15-4-7(12)9(13)14-10(15)16;8-4-1-11(7(12)10-6(4)9)5-2-15(13)3-14-5;1-3-7-8(2,6)4-5;4-3-1-6-2-5-3;/h4,8,11H,3,5-6H2,1-2H3,(H2,13,14,16);1,5H,2-3H2,(H2,9,10,12);5H,3-4H2,1-2H3;1-2H2;1H4. The Morgan fingerprint density at radius 3 is 1.94 bits per heavy atom. The Morgan fingerprint density at radius 1 is 1.00 bits per heavy atom. The Bertz CT molecular complexity index is 1700. The summed E-state index contributed by atoms with van der Waals surface area (Å²) in [4.78, 5) is 39.7. The van der Waals surface area contributed by atoms with Crippen LogP contribution in [0.15, 0.2) is 22.0 Å². The maximum absolute atomic E-state index is 13.4. The van der Waals surface area contributed by atoms with Gasteiger partial charge in [-0.25, -0.2) is 18.4 Å². The molecule has 0 spiro atoms. The summed E-state index contributed by atoms with van der Waals surface area (Å²) < 4.78 is 92.2. The molecule has 0 aliphatic carbocycles. The number of esters is 1. The van der Waals surface area contributed by atoms with Gasteiger partial charge in [0, 0.05) is 19.1 Å². The molecule has 2 aromatic rings. The van der Waals surface area contributed by atoms with Crippen molar-refractivity contribution in [1.29, 1.82) is 0 Å². The lowest BCUT2D eigenvalue weighted by Crippen LogP contribution is -2.29. The van der Waals surface area contributed by atoms with Crippen molar-refractivity contribution in [3.05, 3.63) is 45.0 Å². The normalized spacial score (nSPS) is 22.9. The van der Waals surface area contributed by atoms with Crippen molar-refractivity contribution in [3.63, 3.8) is 0 Å². The number of halogens is 2. The summed E-state index contributed by atoms with van der Waals surface area (Å²) in [5.41, 5.74) is 8.21. The fourth-order valence-electron chi connectivity index (χ4n) is 3.59. The number of thioether (sulfide) groups is 2. The van der Waals surface area contributed by atoms with E-state index >= 15 is 0 Å². The molecule has 3 aliphatic rings. The summed E-state index contributed by atoms with van der Waals surface area (Å²) >= 11 is 2.77. The molecule has 0 aromatic carbocycles. The first-order valence-electron chi connectivity index (χ1n) is 14.6. The Hall–Kier alpha value is -2.24. The lowest BCUT2D eigenvalue weighted by molar-refractivity contribution is -0.136. The van der Waals surface area contributed by atoms with Crippen LogP contribution in [0.1, 0.15) is 33.7 Å². The molecule has 3 fully saturated rings. The lowest BCUT2D eigenvalue weighted by atomic mass is 10.5. The molecular formula is C26H44F2N6O13P2S3. The van der Waals surface area contributed by atoms with Crippen LogP contribution in [-0.2, 0) is 52.7 Å². The van der Waals surface area contributed by atoms with Crippen molar-refractivity contribution < 1.29 is 60.0 Å². The minimum Gasteiger partial charge on any atom is -0.454 e. The highest BCUT2D eigenvalue weighted by Gasteiger charge is 2.31. The quantitative estimate of drug-likeness (QED) is 0.229. The molecule has 0 radical (unpaired) electrons. The van der Waals surface area contributed by atoms with Gasteiger partial charge < -0.3 is 44.6 Å². The number of rotatable bonds is 10. The van der Waals surface area contributed by atoms with Crippen molar-refractivity contribution >= 4 is 66.7 Å². The van der Waals surface area contributed by atoms with E-state index < -0.39 is 78.3 Å². The number of nitrogens with zero attached hydrogens (tertiary/aromatic N) is 4. The second-order valence-corrected chi connectivity index (χ2v) is 18.7. The van der Waals surface area contributed by atoms with Gasteiger partial charge in [-0.1, -0.05) is 19.2 Å². The second-order valence-electron chi connectivity index (χ2n) is 10.2. The Morgan fingerprint density at radius 2 is 1.54 bits per heavy atom. The van der Waals surface area contributed by atoms with Crippen molar-refractivity contribution in [3.8, 4) is 0 Å². The zero-order valence-corrected chi connectivity index (χ0v) is 32.2. The number of carbonyl (C=O) groups excluding carboxylic acids is 1. The summed E-state index contributed by atoms with van der Waals surface area (Å²) in [7, 11) is -6.59. The molecular weight excluding hydrogens is 800 g/mol. The summed E-state index contributed by atoms with van der Waals surface area (Å²) in [5, 5.41) is 8.34. The van der Waals surface area contributed by atoms with Gasteiger partial charge in [-0.05, 0) is 13.8 Å². The van der Waals surface area contributed by atoms with Crippen LogP contribution in [0.5, 0.6) is 0 Å². The summed E-state index contributed by atoms with van der Waals surface area (Å²) in [5.74, 6) is -0.924. The van der Waals surface area contributed by atoms with E-state index in [9.17, 15) is 36.5 Å². The zero-order valence-electron chi connectivity index (χ0n) is 27.9. The Kier molecular flexibility index (Phi) is 21.0. The maximum Gasteiger partial charge on any atom is 0.351 e. The van der Waals surface area contributed by atoms with E-state index in [1.807, 2.05) is 0 Å². The van der Waals surface area contributed by atoms with Crippen LogP contribution in [0.25, 0.3) is 0 Å². The minimum atomic E-state index is -2.83. The number of aromatic nitrogens is 4. The molecule has 5 heterocycles. The molecule has 0 amide bonds. The first-order valence-corrected chi connectivity index (χ1v) is 22.8. The number of hydrogen-bond acceptors (Lipinski definition) is 19. The average Bonchev–Trinajstić information content (AvgIpc) is 3.84. The van der Waals surface area contributed by atoms with E-state index in [2.05, 4.69) is 19.2 Å². The summed E-state index contributed by atoms with van der Waals surface area (Å²) in [6.45, 7) is 7.08. The molecule has 6 unspecified atom stereocenters. The second kappa shape index (κ2) is 22.9. The number of anilines is 2. The molecule has 3 saturated heterocycles. The van der Waals surface area contributed by atoms with Gasteiger partial charge in [0.1, 0.15) is 24.6 Å². The molecule has 6 atom stereocenters. The van der Waals surface area contributed by atoms with E-state index in [-0.39, 0.29) is 37.8 Å².